The van der Waals surface area contributed by atoms with Crippen molar-refractivity contribution in [1.82, 2.24) is 15.3 Å². The number of nitriles is 1. The number of likely N-dealkylation sites (N-methyl/N-ethyl adjacent to an activating group) is 1. The number of nitrogens with one attached hydrogen (secondary N) is 1. The summed E-state index contributed by atoms with van der Waals surface area (Å²) in [5.41, 5.74) is 16.3. The monoisotopic (exact) mass is 599 g/mol. The molecule has 7 unspecified atom stereocenters. The van der Waals surface area contributed by atoms with Crippen molar-refractivity contribution in [2.45, 2.75) is 101 Å². The molecule has 9 nitrogen and oxygen atoms in total. The van der Waals surface area contributed by atoms with E-state index in [1.165, 1.54) is 5.56 Å². The molecule has 0 bridgehead atoms. The van der Waals surface area contributed by atoms with Gasteiger partial charge in [0.1, 0.15) is 11.9 Å². The standard InChI is InChI=1S/C35H49N7O2/c1-20(39-19-21(2)42-29(18-36)15-28-17-34(28,42)5)16-35(33-40-23(4)44-41(33)6)30-11-9-24(22(3)37)13-25(30)7-8-26-14-27(32(38)43)10-12-31(26)35/h10,12,14,20,23-25,28-30,39H,2-3,7-9,11,13,15-17,19,37H2,1,4-6H3,(H2,38,43)/t20-,23?,24?,25?,28+,29?,30?,34?,35?/m0/s1. The number of hydrogen-bond acceptors (Lipinski definition) is 8. The first-order valence-electron chi connectivity index (χ1n) is 16.3. The molecule has 2 aliphatic heterocycles. The summed E-state index contributed by atoms with van der Waals surface area (Å²) in [5.74, 6) is 2.13. The Balaban J connectivity index is 1.38. The maximum atomic E-state index is 12.3. The summed E-state index contributed by atoms with van der Waals surface area (Å²) in [5, 5.41) is 15.5. The topological polar surface area (TPSA) is 133 Å². The van der Waals surface area contributed by atoms with Crippen LogP contribution in [0.15, 0.2) is 47.7 Å². The molecule has 9 heteroatoms. The Bertz CT molecular complexity index is 1430. The fourth-order valence-corrected chi connectivity index (χ4v) is 9.52. The van der Waals surface area contributed by atoms with E-state index in [9.17, 15) is 10.1 Å². The van der Waals surface area contributed by atoms with Crippen molar-refractivity contribution >= 4 is 11.7 Å². The van der Waals surface area contributed by atoms with Crippen LogP contribution in [0.4, 0.5) is 0 Å². The van der Waals surface area contributed by atoms with Gasteiger partial charge in [-0.1, -0.05) is 19.2 Å². The normalized spacial score (nSPS) is 36.3. The number of hydrogen-bond donors (Lipinski definition) is 3. The molecule has 3 fully saturated rings. The molecule has 0 aromatic heterocycles. The number of hydroxylamine groups is 2. The Kier molecular flexibility index (Phi) is 7.82. The molecule has 2 heterocycles. The lowest BCUT2D eigenvalue weighted by atomic mass is 9.56. The summed E-state index contributed by atoms with van der Waals surface area (Å²) < 4.78 is 0. The number of rotatable bonds is 9. The van der Waals surface area contributed by atoms with Gasteiger partial charge in [-0.3, -0.25) is 4.79 Å². The SMILES string of the molecule is C=C(N)C1CCC2C(CCc3cc(C(N)=O)ccc3C2(C[C@H](C)NCC(=C)N2C(C#N)C[C@@H]3CC32C)C2=NC(C)ON2C)C1. The van der Waals surface area contributed by atoms with Gasteiger partial charge in [0.05, 0.1) is 11.5 Å². The largest absolute Gasteiger partial charge is 0.402 e. The number of benzene rings is 1. The van der Waals surface area contributed by atoms with Crippen molar-refractivity contribution < 1.29 is 9.63 Å². The third kappa shape index (κ3) is 5.00. The van der Waals surface area contributed by atoms with Crippen molar-refractivity contribution in [2.24, 2.45) is 40.1 Å². The highest BCUT2D eigenvalue weighted by Crippen LogP contribution is 2.59. The number of likely N-dealkylation sites (tertiary alicyclic amines) is 1. The van der Waals surface area contributed by atoms with Gasteiger partial charge in [-0.25, -0.2) is 14.9 Å². The predicted molar refractivity (Wildman–Crippen MR) is 172 cm³/mol. The van der Waals surface area contributed by atoms with E-state index in [-0.39, 0.29) is 23.9 Å². The zero-order valence-electron chi connectivity index (χ0n) is 26.8. The number of carbonyl (C=O) groups excluding carboxylic acids is 1. The first-order valence-corrected chi connectivity index (χ1v) is 16.3. The Labute approximate surface area is 262 Å². The number of piperidine rings is 1. The van der Waals surface area contributed by atoms with E-state index in [2.05, 4.69) is 49.4 Å². The van der Waals surface area contributed by atoms with Crippen LogP contribution in [0.5, 0.6) is 0 Å². The van der Waals surface area contributed by atoms with Crippen LogP contribution < -0.4 is 16.8 Å². The van der Waals surface area contributed by atoms with Crippen molar-refractivity contribution in [3.63, 3.8) is 0 Å². The van der Waals surface area contributed by atoms with Gasteiger partial charge >= 0.3 is 0 Å². The number of nitrogens with two attached hydrogens (primary N) is 2. The summed E-state index contributed by atoms with van der Waals surface area (Å²) >= 11 is 0. The Morgan fingerprint density at radius 2 is 2.05 bits per heavy atom. The molecule has 5 aliphatic rings. The van der Waals surface area contributed by atoms with Crippen LogP contribution in [0.3, 0.4) is 0 Å². The minimum Gasteiger partial charge on any atom is -0.402 e. The second-order valence-corrected chi connectivity index (χ2v) is 14.4. The van der Waals surface area contributed by atoms with E-state index in [0.717, 1.165) is 74.2 Å². The highest BCUT2D eigenvalue weighted by Gasteiger charge is 2.62. The second kappa shape index (κ2) is 11.2. The fraction of sp³-hybridized carbons (Fsp3) is 0.629. The number of fused-ring (bicyclic) bond motifs is 3. The van der Waals surface area contributed by atoms with Crippen LogP contribution in [0, 0.1) is 35.0 Å². The van der Waals surface area contributed by atoms with Crippen molar-refractivity contribution in [2.75, 3.05) is 13.6 Å². The van der Waals surface area contributed by atoms with E-state index in [0.29, 0.717) is 35.8 Å². The molecule has 9 atom stereocenters. The fourth-order valence-electron chi connectivity index (χ4n) is 9.52. The molecule has 1 saturated heterocycles. The molecule has 236 valence electrons. The highest BCUT2D eigenvalue weighted by molar-refractivity contribution is 5.96. The first kappa shape index (κ1) is 30.7. The lowest BCUT2D eigenvalue weighted by molar-refractivity contribution is -0.101. The Hall–Kier alpha value is -3.35. The van der Waals surface area contributed by atoms with Gasteiger partial charge in [-0.05, 0) is 119 Å². The van der Waals surface area contributed by atoms with Gasteiger partial charge in [-0.2, -0.15) is 5.26 Å². The van der Waals surface area contributed by atoms with Crippen molar-refractivity contribution in [1.29, 1.82) is 5.26 Å². The molecule has 1 amide bonds. The second-order valence-electron chi connectivity index (χ2n) is 14.4. The van der Waals surface area contributed by atoms with Gasteiger partial charge in [0, 0.05) is 42.1 Å². The number of carbonyl (C=O) groups is 1. The first-order chi connectivity index (χ1) is 20.9. The number of allylic oxidation sites excluding steroid dienone is 1. The number of primary amides is 1. The molecule has 6 rings (SSSR count). The highest BCUT2D eigenvalue weighted by atomic mass is 16.7. The van der Waals surface area contributed by atoms with E-state index >= 15 is 0 Å². The van der Waals surface area contributed by atoms with Crippen LogP contribution in [-0.2, 0) is 16.7 Å². The molecule has 44 heavy (non-hydrogen) atoms. The maximum absolute atomic E-state index is 12.3. The quantitative estimate of drug-likeness (QED) is 0.384. The van der Waals surface area contributed by atoms with Crippen LogP contribution in [-0.4, -0.2) is 59.1 Å². The zero-order chi connectivity index (χ0) is 31.6. The van der Waals surface area contributed by atoms with Gasteiger partial charge in [-0.15, -0.1) is 0 Å². The smallest absolute Gasteiger partial charge is 0.248 e. The molecule has 2 saturated carbocycles. The molecular weight excluding hydrogens is 550 g/mol. The molecule has 0 radical (unpaired) electrons. The summed E-state index contributed by atoms with van der Waals surface area (Å²) in [6.07, 6.45) is 7.42. The molecule has 1 aromatic rings. The summed E-state index contributed by atoms with van der Waals surface area (Å²) in [6.45, 7) is 15.7. The average molecular weight is 600 g/mol. The maximum Gasteiger partial charge on any atom is 0.248 e. The van der Waals surface area contributed by atoms with E-state index < -0.39 is 11.3 Å². The van der Waals surface area contributed by atoms with E-state index in [1.807, 2.05) is 31.2 Å². The van der Waals surface area contributed by atoms with Crippen molar-refractivity contribution in [3.05, 3.63) is 59.4 Å². The van der Waals surface area contributed by atoms with Crippen LogP contribution in [0.25, 0.3) is 0 Å². The van der Waals surface area contributed by atoms with Crippen LogP contribution >= 0.6 is 0 Å². The molecule has 1 aromatic carbocycles. The van der Waals surface area contributed by atoms with Gasteiger partial charge in [0.2, 0.25) is 5.91 Å². The number of nitrogens with zero attached hydrogens (tertiary/aromatic N) is 4. The lowest BCUT2D eigenvalue weighted by Gasteiger charge is -2.49. The lowest BCUT2D eigenvalue weighted by Crippen LogP contribution is -2.54. The zero-order valence-corrected chi connectivity index (χ0v) is 26.8. The average Bonchev–Trinajstić information content (AvgIpc) is 3.42. The van der Waals surface area contributed by atoms with Gasteiger partial charge < -0.3 is 21.7 Å². The molecule has 5 N–H and O–H groups in total. The summed E-state index contributed by atoms with van der Waals surface area (Å²) in [4.78, 5) is 25.9. The van der Waals surface area contributed by atoms with Gasteiger partial charge in [0.25, 0.3) is 0 Å². The Morgan fingerprint density at radius 3 is 2.70 bits per heavy atom. The number of aliphatic imine (C=N–C) groups is 1. The van der Waals surface area contributed by atoms with Crippen LogP contribution in [0.2, 0.25) is 0 Å². The third-order valence-corrected chi connectivity index (χ3v) is 11.6. The van der Waals surface area contributed by atoms with Crippen LogP contribution in [0.1, 0.15) is 87.2 Å². The molecule has 3 aliphatic carbocycles. The number of aryl methyl sites for hydroxylation is 1. The minimum absolute atomic E-state index is 0.0651. The molecule has 0 spiro atoms. The van der Waals surface area contributed by atoms with E-state index in [1.54, 1.807) is 0 Å². The minimum atomic E-state index is -0.461. The Morgan fingerprint density at radius 1 is 1.27 bits per heavy atom. The van der Waals surface area contributed by atoms with Crippen molar-refractivity contribution in [3.8, 4) is 6.07 Å². The molecular formula is C35H49N7O2. The van der Waals surface area contributed by atoms with Gasteiger partial charge in [0.15, 0.2) is 6.23 Å². The number of amidine groups is 1. The number of amides is 1. The summed E-state index contributed by atoms with van der Waals surface area (Å²) in [7, 11) is 1.97. The third-order valence-electron chi connectivity index (χ3n) is 11.6. The predicted octanol–water partition coefficient (Wildman–Crippen LogP) is 4.35. The summed E-state index contributed by atoms with van der Waals surface area (Å²) in [6, 6.07) is 8.52. The van der Waals surface area contributed by atoms with E-state index in [4.69, 9.17) is 21.3 Å².